The second-order valence-electron chi connectivity index (χ2n) is 5.31. The van der Waals surface area contributed by atoms with Crippen LogP contribution in [0, 0.1) is 12.7 Å². The van der Waals surface area contributed by atoms with Crippen LogP contribution in [0.3, 0.4) is 0 Å². The highest BCUT2D eigenvalue weighted by atomic mass is 35.5. The molecule has 0 fully saturated rings. The van der Waals surface area contributed by atoms with Gasteiger partial charge in [-0.25, -0.2) is 9.07 Å². The van der Waals surface area contributed by atoms with E-state index in [4.69, 9.17) is 11.6 Å². The fourth-order valence-electron chi connectivity index (χ4n) is 2.39. The molecule has 0 aliphatic carbocycles. The molecular formula is C18H15ClFN3O. The predicted octanol–water partition coefficient (Wildman–Crippen LogP) is 3.90. The highest BCUT2D eigenvalue weighted by Gasteiger charge is 2.15. The van der Waals surface area contributed by atoms with Gasteiger partial charge in [0.2, 0.25) is 0 Å². The Bertz CT molecular complexity index is 874. The molecule has 0 radical (unpaired) electrons. The van der Waals surface area contributed by atoms with Gasteiger partial charge in [-0.05, 0) is 42.8 Å². The van der Waals surface area contributed by atoms with Crippen molar-refractivity contribution in [3.8, 4) is 5.69 Å². The highest BCUT2D eigenvalue weighted by Crippen LogP contribution is 2.17. The minimum Gasteiger partial charge on any atom is -0.348 e. The Hall–Kier alpha value is -2.66. The number of rotatable bonds is 4. The molecule has 0 saturated heterocycles. The molecule has 0 unspecified atom stereocenters. The summed E-state index contributed by atoms with van der Waals surface area (Å²) >= 11 is 6.08. The van der Waals surface area contributed by atoms with Crippen LogP contribution in [-0.2, 0) is 6.54 Å². The molecule has 0 saturated carbocycles. The zero-order chi connectivity index (χ0) is 17.1. The van der Waals surface area contributed by atoms with Crippen LogP contribution in [0.15, 0.2) is 54.7 Å². The summed E-state index contributed by atoms with van der Waals surface area (Å²) in [5.74, 6) is -0.554. The second kappa shape index (κ2) is 6.84. The lowest BCUT2D eigenvalue weighted by molar-refractivity contribution is 0.0950. The molecule has 3 aromatic rings. The summed E-state index contributed by atoms with van der Waals surface area (Å²) in [5.41, 5.74) is 2.68. The monoisotopic (exact) mass is 343 g/mol. The number of halogens is 2. The number of amides is 1. The number of benzene rings is 2. The lowest BCUT2D eigenvalue weighted by Gasteiger charge is -2.08. The van der Waals surface area contributed by atoms with Crippen molar-refractivity contribution in [2.75, 3.05) is 0 Å². The minimum atomic E-state index is -0.318. The Morgan fingerprint density at radius 3 is 2.62 bits per heavy atom. The van der Waals surface area contributed by atoms with Gasteiger partial charge in [-0.3, -0.25) is 4.79 Å². The Morgan fingerprint density at radius 2 is 1.92 bits per heavy atom. The minimum absolute atomic E-state index is 0.235. The topological polar surface area (TPSA) is 46.9 Å². The van der Waals surface area contributed by atoms with Crippen molar-refractivity contribution in [3.05, 3.63) is 82.4 Å². The standard InChI is InChI=1S/C18H15ClFN3O/c1-12-16(11-22-23(12)15-8-6-14(20)7-9-15)18(24)21-10-13-4-2-3-5-17(13)19/h2-9,11H,10H2,1H3,(H,21,24). The molecule has 0 aliphatic rings. The van der Waals surface area contributed by atoms with Crippen molar-refractivity contribution in [3.63, 3.8) is 0 Å². The van der Waals surface area contributed by atoms with Crippen molar-refractivity contribution in [1.82, 2.24) is 15.1 Å². The number of hydrogen-bond donors (Lipinski definition) is 1. The van der Waals surface area contributed by atoms with Crippen LogP contribution in [0.25, 0.3) is 5.69 Å². The molecule has 1 aromatic heterocycles. The lowest BCUT2D eigenvalue weighted by atomic mass is 10.2. The molecular weight excluding hydrogens is 329 g/mol. The third-order valence-electron chi connectivity index (χ3n) is 3.72. The van der Waals surface area contributed by atoms with E-state index >= 15 is 0 Å². The van der Waals surface area contributed by atoms with Crippen LogP contribution >= 0.6 is 11.6 Å². The molecule has 0 aliphatic heterocycles. The summed E-state index contributed by atoms with van der Waals surface area (Å²) in [7, 11) is 0. The van der Waals surface area contributed by atoms with E-state index in [1.807, 2.05) is 18.2 Å². The van der Waals surface area contributed by atoms with Crippen molar-refractivity contribution in [2.24, 2.45) is 0 Å². The fraction of sp³-hybridized carbons (Fsp3) is 0.111. The summed E-state index contributed by atoms with van der Waals surface area (Å²) in [6.07, 6.45) is 1.50. The first-order chi connectivity index (χ1) is 11.6. The van der Waals surface area contributed by atoms with Crippen LogP contribution in [-0.4, -0.2) is 15.7 Å². The number of hydrogen-bond acceptors (Lipinski definition) is 2. The van der Waals surface area contributed by atoms with Gasteiger partial charge in [0.15, 0.2) is 0 Å². The average Bonchev–Trinajstić information content (AvgIpc) is 2.96. The van der Waals surface area contributed by atoms with Crippen molar-refractivity contribution >= 4 is 17.5 Å². The van der Waals surface area contributed by atoms with Crippen molar-refractivity contribution in [2.45, 2.75) is 13.5 Å². The normalized spacial score (nSPS) is 10.6. The molecule has 3 rings (SSSR count). The van der Waals surface area contributed by atoms with Crippen LogP contribution in [0.1, 0.15) is 21.6 Å². The van der Waals surface area contributed by atoms with Gasteiger partial charge in [-0.15, -0.1) is 0 Å². The number of nitrogens with one attached hydrogen (secondary N) is 1. The van der Waals surface area contributed by atoms with Crippen molar-refractivity contribution in [1.29, 1.82) is 0 Å². The Labute approximate surface area is 143 Å². The first kappa shape index (κ1) is 16.2. The average molecular weight is 344 g/mol. The third-order valence-corrected chi connectivity index (χ3v) is 4.09. The van der Waals surface area contributed by atoms with Gasteiger partial charge in [-0.2, -0.15) is 5.10 Å². The van der Waals surface area contributed by atoms with E-state index < -0.39 is 0 Å². The lowest BCUT2D eigenvalue weighted by Crippen LogP contribution is -2.23. The second-order valence-corrected chi connectivity index (χ2v) is 5.71. The Morgan fingerprint density at radius 1 is 1.21 bits per heavy atom. The SMILES string of the molecule is Cc1c(C(=O)NCc2ccccc2Cl)cnn1-c1ccc(F)cc1. The maximum Gasteiger partial charge on any atom is 0.255 e. The zero-order valence-corrected chi connectivity index (χ0v) is 13.7. The highest BCUT2D eigenvalue weighted by molar-refractivity contribution is 6.31. The largest absolute Gasteiger partial charge is 0.348 e. The molecule has 2 aromatic carbocycles. The Balaban J connectivity index is 1.76. The molecule has 4 nitrogen and oxygen atoms in total. The van der Waals surface area contributed by atoms with E-state index in [-0.39, 0.29) is 11.7 Å². The van der Waals surface area contributed by atoms with E-state index in [1.165, 1.54) is 18.3 Å². The summed E-state index contributed by atoms with van der Waals surface area (Å²) in [6, 6.07) is 13.3. The van der Waals surface area contributed by atoms with E-state index in [1.54, 1.807) is 29.8 Å². The van der Waals surface area contributed by atoms with Gasteiger partial charge < -0.3 is 5.32 Å². The molecule has 1 heterocycles. The van der Waals surface area contributed by atoms with Gasteiger partial charge in [0.1, 0.15) is 5.82 Å². The Kier molecular flexibility index (Phi) is 4.62. The van der Waals surface area contributed by atoms with Crippen molar-refractivity contribution < 1.29 is 9.18 Å². The molecule has 1 N–H and O–H groups in total. The van der Waals surface area contributed by atoms with Gasteiger partial charge in [0.05, 0.1) is 23.1 Å². The van der Waals surface area contributed by atoms with Gasteiger partial charge in [-0.1, -0.05) is 29.8 Å². The molecule has 24 heavy (non-hydrogen) atoms. The number of aromatic nitrogens is 2. The van der Waals surface area contributed by atoms with Crippen LogP contribution in [0.4, 0.5) is 4.39 Å². The zero-order valence-electron chi connectivity index (χ0n) is 13.0. The van der Waals surface area contributed by atoms with Crippen LogP contribution in [0.5, 0.6) is 0 Å². The maximum absolute atomic E-state index is 13.0. The number of nitrogens with zero attached hydrogens (tertiary/aromatic N) is 2. The number of carbonyl (C=O) groups excluding carboxylic acids is 1. The van der Waals surface area contributed by atoms with Gasteiger partial charge in [0, 0.05) is 11.6 Å². The molecule has 0 bridgehead atoms. The first-order valence-corrected chi connectivity index (χ1v) is 7.76. The quantitative estimate of drug-likeness (QED) is 0.781. The number of carbonyl (C=O) groups is 1. The molecule has 0 atom stereocenters. The van der Waals surface area contributed by atoms with E-state index in [9.17, 15) is 9.18 Å². The molecule has 1 amide bonds. The maximum atomic E-state index is 13.0. The van der Waals surface area contributed by atoms with Crippen LogP contribution < -0.4 is 5.32 Å². The molecule has 6 heteroatoms. The molecule has 122 valence electrons. The summed E-state index contributed by atoms with van der Waals surface area (Å²) in [6.45, 7) is 2.13. The third kappa shape index (κ3) is 3.31. The fourth-order valence-corrected chi connectivity index (χ4v) is 2.59. The van der Waals surface area contributed by atoms with Crippen LogP contribution in [0.2, 0.25) is 5.02 Å². The summed E-state index contributed by atoms with van der Waals surface area (Å²) < 4.78 is 14.6. The van der Waals surface area contributed by atoms with E-state index in [0.717, 1.165) is 5.56 Å². The molecule has 0 spiro atoms. The van der Waals surface area contributed by atoms with Gasteiger partial charge >= 0.3 is 0 Å². The summed E-state index contributed by atoms with van der Waals surface area (Å²) in [4.78, 5) is 12.4. The first-order valence-electron chi connectivity index (χ1n) is 7.38. The van der Waals surface area contributed by atoms with E-state index in [0.29, 0.717) is 28.5 Å². The van der Waals surface area contributed by atoms with Gasteiger partial charge in [0.25, 0.3) is 5.91 Å². The predicted molar refractivity (Wildman–Crippen MR) is 90.9 cm³/mol. The smallest absolute Gasteiger partial charge is 0.255 e. The van der Waals surface area contributed by atoms with E-state index in [2.05, 4.69) is 10.4 Å². The summed E-state index contributed by atoms with van der Waals surface area (Å²) in [5, 5.41) is 7.66.